The molecule has 0 aliphatic heterocycles. The van der Waals surface area contributed by atoms with Gasteiger partial charge in [-0.1, -0.05) is 0 Å². The summed E-state index contributed by atoms with van der Waals surface area (Å²) in [4.78, 5) is 0. The Hall–Kier alpha value is -0.130. The van der Waals surface area contributed by atoms with E-state index in [0.29, 0.717) is 6.61 Å². The summed E-state index contributed by atoms with van der Waals surface area (Å²) < 4.78 is 26.7. The zero-order valence-electron chi connectivity index (χ0n) is 7.65. The van der Waals surface area contributed by atoms with Crippen LogP contribution in [-0.4, -0.2) is 44.3 Å². The van der Waals surface area contributed by atoms with Crippen LogP contribution in [0.25, 0.3) is 0 Å². The molecule has 0 aliphatic rings. The zero-order chi connectivity index (χ0) is 9.78. The molecule has 0 amide bonds. The van der Waals surface area contributed by atoms with Crippen LogP contribution in [0.1, 0.15) is 13.8 Å². The molecule has 0 aliphatic carbocycles. The summed E-state index contributed by atoms with van der Waals surface area (Å²) in [7, 11) is -3.16. The zero-order valence-corrected chi connectivity index (χ0v) is 8.47. The lowest BCUT2D eigenvalue weighted by Crippen LogP contribution is -2.34. The molecular formula is C7H16O4S. The summed E-state index contributed by atoms with van der Waals surface area (Å²) in [5, 5.41) is 8.52. The van der Waals surface area contributed by atoms with E-state index in [1.54, 1.807) is 6.92 Å². The Kier molecular flexibility index (Phi) is 4.74. The predicted molar refractivity (Wildman–Crippen MR) is 46.8 cm³/mol. The quantitative estimate of drug-likeness (QED) is 0.662. The van der Waals surface area contributed by atoms with Gasteiger partial charge in [0, 0.05) is 12.9 Å². The van der Waals surface area contributed by atoms with Gasteiger partial charge in [-0.2, -0.15) is 0 Å². The Bertz CT molecular complexity index is 209. The summed E-state index contributed by atoms with van der Waals surface area (Å²) in [5.74, 6) is 0. The highest BCUT2D eigenvalue weighted by Gasteiger charge is 2.23. The molecule has 0 heterocycles. The molecular weight excluding hydrogens is 180 g/mol. The second-order valence-electron chi connectivity index (χ2n) is 2.76. The van der Waals surface area contributed by atoms with E-state index in [1.807, 2.05) is 0 Å². The second kappa shape index (κ2) is 4.79. The number of hydrogen-bond acceptors (Lipinski definition) is 4. The minimum Gasteiger partial charge on any atom is -0.389 e. The molecule has 5 heteroatoms. The van der Waals surface area contributed by atoms with E-state index in [1.165, 1.54) is 6.92 Å². The van der Waals surface area contributed by atoms with Crippen molar-refractivity contribution >= 4 is 9.84 Å². The van der Waals surface area contributed by atoms with Crippen LogP contribution in [0.3, 0.4) is 0 Å². The van der Waals surface area contributed by atoms with Crippen LogP contribution in [-0.2, 0) is 14.6 Å². The van der Waals surface area contributed by atoms with E-state index >= 15 is 0 Å². The monoisotopic (exact) mass is 196 g/mol. The molecule has 0 aromatic carbocycles. The van der Waals surface area contributed by atoms with Gasteiger partial charge < -0.3 is 9.84 Å². The third-order valence-electron chi connectivity index (χ3n) is 1.71. The van der Waals surface area contributed by atoms with Crippen LogP contribution in [0, 0.1) is 0 Å². The summed E-state index contributed by atoms with van der Waals surface area (Å²) in [5.41, 5.74) is 0. The van der Waals surface area contributed by atoms with E-state index in [2.05, 4.69) is 0 Å². The molecule has 0 aromatic heterocycles. The second-order valence-corrected chi connectivity index (χ2v) is 5.16. The molecule has 0 bridgehead atoms. The van der Waals surface area contributed by atoms with Crippen molar-refractivity contribution < 1.29 is 18.3 Å². The summed E-state index contributed by atoms with van der Waals surface area (Å²) >= 11 is 0. The van der Waals surface area contributed by atoms with E-state index in [0.717, 1.165) is 6.26 Å². The van der Waals surface area contributed by atoms with Crippen molar-refractivity contribution in [3.8, 4) is 0 Å². The maximum absolute atomic E-state index is 10.9. The van der Waals surface area contributed by atoms with Crippen LogP contribution in [0.4, 0.5) is 0 Å². The standard InChI is InChI=1S/C7H16O4S/c1-4-11-5-7(8)6(2)12(3,9)10/h6-8H,4-5H2,1-3H3. The first-order chi connectivity index (χ1) is 5.39. The van der Waals surface area contributed by atoms with Gasteiger partial charge in [0.25, 0.3) is 0 Å². The lowest BCUT2D eigenvalue weighted by Gasteiger charge is -2.16. The Balaban J connectivity index is 4.02. The molecule has 12 heavy (non-hydrogen) atoms. The highest BCUT2D eigenvalue weighted by Crippen LogP contribution is 2.04. The van der Waals surface area contributed by atoms with Gasteiger partial charge in [0.15, 0.2) is 9.84 Å². The highest BCUT2D eigenvalue weighted by atomic mass is 32.2. The fourth-order valence-electron chi connectivity index (χ4n) is 0.659. The van der Waals surface area contributed by atoms with Crippen molar-refractivity contribution in [2.75, 3.05) is 19.5 Å². The van der Waals surface area contributed by atoms with Crippen LogP contribution in [0.15, 0.2) is 0 Å². The minimum atomic E-state index is -3.16. The van der Waals surface area contributed by atoms with E-state index < -0.39 is 21.2 Å². The topological polar surface area (TPSA) is 63.6 Å². The van der Waals surface area contributed by atoms with Crippen LogP contribution >= 0.6 is 0 Å². The van der Waals surface area contributed by atoms with Gasteiger partial charge in [-0.05, 0) is 13.8 Å². The van der Waals surface area contributed by atoms with Crippen molar-refractivity contribution in [3.63, 3.8) is 0 Å². The molecule has 0 saturated carbocycles. The summed E-state index contributed by atoms with van der Waals surface area (Å²) in [6.45, 7) is 3.81. The molecule has 2 unspecified atom stereocenters. The van der Waals surface area contributed by atoms with Crippen LogP contribution < -0.4 is 0 Å². The Labute approximate surface area is 73.5 Å². The fraction of sp³-hybridized carbons (Fsp3) is 1.00. The van der Waals surface area contributed by atoms with Crippen LogP contribution in [0.2, 0.25) is 0 Å². The number of hydrogen-bond donors (Lipinski definition) is 1. The lowest BCUT2D eigenvalue weighted by molar-refractivity contribution is 0.0426. The van der Waals surface area contributed by atoms with Crippen molar-refractivity contribution in [3.05, 3.63) is 0 Å². The number of rotatable bonds is 5. The summed E-state index contributed by atoms with van der Waals surface area (Å²) in [6, 6.07) is 0. The van der Waals surface area contributed by atoms with Crippen molar-refractivity contribution in [1.82, 2.24) is 0 Å². The van der Waals surface area contributed by atoms with Gasteiger partial charge in [0.05, 0.1) is 18.0 Å². The van der Waals surface area contributed by atoms with Gasteiger partial charge in [-0.15, -0.1) is 0 Å². The molecule has 0 fully saturated rings. The van der Waals surface area contributed by atoms with Gasteiger partial charge >= 0.3 is 0 Å². The van der Waals surface area contributed by atoms with E-state index in [4.69, 9.17) is 4.74 Å². The van der Waals surface area contributed by atoms with Crippen molar-refractivity contribution in [1.29, 1.82) is 0 Å². The molecule has 74 valence electrons. The molecule has 0 saturated heterocycles. The third-order valence-corrected chi connectivity index (χ3v) is 3.37. The summed E-state index contributed by atoms with van der Waals surface area (Å²) in [6.07, 6.45) is 0.173. The molecule has 2 atom stereocenters. The first-order valence-corrected chi connectivity index (χ1v) is 5.79. The van der Waals surface area contributed by atoms with E-state index in [9.17, 15) is 13.5 Å². The first-order valence-electron chi connectivity index (χ1n) is 3.84. The molecule has 0 spiro atoms. The maximum Gasteiger partial charge on any atom is 0.152 e. The van der Waals surface area contributed by atoms with Gasteiger partial charge in [0.1, 0.15) is 0 Å². The fourth-order valence-corrected chi connectivity index (χ4v) is 1.31. The maximum atomic E-state index is 10.9. The number of ether oxygens (including phenoxy) is 1. The highest BCUT2D eigenvalue weighted by molar-refractivity contribution is 7.91. The predicted octanol–water partition coefficient (Wildman–Crippen LogP) is -0.183. The molecule has 0 rings (SSSR count). The Morgan fingerprint density at radius 3 is 2.33 bits per heavy atom. The number of sulfone groups is 1. The average molecular weight is 196 g/mol. The van der Waals surface area contributed by atoms with Gasteiger partial charge in [-0.3, -0.25) is 0 Å². The molecule has 1 N–H and O–H groups in total. The Morgan fingerprint density at radius 1 is 1.50 bits per heavy atom. The van der Waals surface area contributed by atoms with Crippen molar-refractivity contribution in [2.45, 2.75) is 25.2 Å². The SMILES string of the molecule is CCOCC(O)C(C)S(C)(=O)=O. The first kappa shape index (κ1) is 11.9. The largest absolute Gasteiger partial charge is 0.389 e. The van der Waals surface area contributed by atoms with E-state index in [-0.39, 0.29) is 6.61 Å². The Morgan fingerprint density at radius 2 is 2.00 bits per heavy atom. The van der Waals surface area contributed by atoms with Gasteiger partial charge in [0.2, 0.25) is 0 Å². The molecule has 0 aromatic rings. The smallest absolute Gasteiger partial charge is 0.152 e. The third kappa shape index (κ3) is 4.04. The average Bonchev–Trinajstić information content (AvgIpc) is 1.97. The lowest BCUT2D eigenvalue weighted by atomic mass is 10.3. The van der Waals surface area contributed by atoms with Gasteiger partial charge in [-0.25, -0.2) is 8.42 Å². The molecule has 0 radical (unpaired) electrons. The van der Waals surface area contributed by atoms with Crippen LogP contribution in [0.5, 0.6) is 0 Å². The normalized spacial score (nSPS) is 17.3. The number of aliphatic hydroxyl groups excluding tert-OH is 1. The van der Waals surface area contributed by atoms with Crippen molar-refractivity contribution in [2.24, 2.45) is 0 Å². The minimum absolute atomic E-state index is 0.0741. The molecule has 4 nitrogen and oxygen atoms in total. The number of aliphatic hydroxyl groups is 1.